The van der Waals surface area contributed by atoms with Gasteiger partial charge in [-0.05, 0) is 13.0 Å². The number of hydrogen-bond acceptors (Lipinski definition) is 4. The summed E-state index contributed by atoms with van der Waals surface area (Å²) < 4.78 is 29.1. The first-order valence-electron chi connectivity index (χ1n) is 6.62. The zero-order valence-electron chi connectivity index (χ0n) is 11.9. The van der Waals surface area contributed by atoms with Gasteiger partial charge in [0.2, 0.25) is 10.0 Å². The number of hydrogen-bond donors (Lipinski definition) is 1. The van der Waals surface area contributed by atoms with Gasteiger partial charge in [0.15, 0.2) is 5.76 Å². The van der Waals surface area contributed by atoms with Crippen molar-refractivity contribution in [1.29, 1.82) is 0 Å². The summed E-state index contributed by atoms with van der Waals surface area (Å²) in [6.07, 6.45) is 0. The molecule has 0 atom stereocenters. The fourth-order valence-electron chi connectivity index (χ4n) is 2.39. The van der Waals surface area contributed by atoms with Crippen molar-refractivity contribution in [2.75, 3.05) is 0 Å². The Kier molecular flexibility index (Phi) is 3.56. The van der Waals surface area contributed by atoms with Crippen molar-refractivity contribution < 1.29 is 12.9 Å². The molecule has 0 saturated heterocycles. The van der Waals surface area contributed by atoms with Crippen molar-refractivity contribution in [2.45, 2.75) is 11.8 Å². The average molecular weight is 314 g/mol. The van der Waals surface area contributed by atoms with Crippen molar-refractivity contribution in [3.05, 3.63) is 60.3 Å². The highest BCUT2D eigenvalue weighted by molar-refractivity contribution is 7.89. The molecule has 0 fully saturated rings. The van der Waals surface area contributed by atoms with Crippen LogP contribution < -0.4 is 5.14 Å². The molecule has 2 N–H and O–H groups in total. The third kappa shape index (κ3) is 2.54. The van der Waals surface area contributed by atoms with E-state index in [1.54, 1.807) is 25.1 Å². The Balaban J connectivity index is 2.30. The number of primary sulfonamides is 1. The fraction of sp³-hybridized carbons (Fsp3) is 0.0625. The van der Waals surface area contributed by atoms with Gasteiger partial charge in [-0.1, -0.05) is 53.7 Å². The molecule has 3 aromatic rings. The van der Waals surface area contributed by atoms with E-state index in [0.29, 0.717) is 22.6 Å². The molecule has 22 heavy (non-hydrogen) atoms. The zero-order valence-corrected chi connectivity index (χ0v) is 12.7. The van der Waals surface area contributed by atoms with Gasteiger partial charge in [-0.15, -0.1) is 0 Å². The predicted molar refractivity (Wildman–Crippen MR) is 83.5 cm³/mol. The first kappa shape index (κ1) is 14.5. The SMILES string of the molecule is Cc1noc(-c2ccccc2)c1-c1ccccc1S(N)(=O)=O. The average Bonchev–Trinajstić information content (AvgIpc) is 2.89. The number of rotatable bonds is 3. The van der Waals surface area contributed by atoms with Gasteiger partial charge >= 0.3 is 0 Å². The molecule has 0 radical (unpaired) electrons. The Bertz CT molecular complexity index is 916. The van der Waals surface area contributed by atoms with Crippen LogP contribution in [-0.4, -0.2) is 13.6 Å². The molecule has 5 nitrogen and oxygen atoms in total. The van der Waals surface area contributed by atoms with Gasteiger partial charge in [-0.2, -0.15) is 0 Å². The van der Waals surface area contributed by atoms with Crippen LogP contribution in [-0.2, 0) is 10.0 Å². The topological polar surface area (TPSA) is 86.2 Å². The lowest BCUT2D eigenvalue weighted by Crippen LogP contribution is -2.13. The molecular weight excluding hydrogens is 300 g/mol. The third-order valence-corrected chi connectivity index (χ3v) is 4.33. The van der Waals surface area contributed by atoms with Gasteiger partial charge in [-0.3, -0.25) is 0 Å². The number of nitrogens with zero attached hydrogens (tertiary/aromatic N) is 1. The van der Waals surface area contributed by atoms with E-state index in [1.807, 2.05) is 30.3 Å². The van der Waals surface area contributed by atoms with E-state index in [0.717, 1.165) is 5.56 Å². The van der Waals surface area contributed by atoms with Crippen molar-refractivity contribution in [3.8, 4) is 22.5 Å². The van der Waals surface area contributed by atoms with Crippen molar-refractivity contribution in [1.82, 2.24) is 5.16 Å². The van der Waals surface area contributed by atoms with Gasteiger partial charge in [0.25, 0.3) is 0 Å². The lowest BCUT2D eigenvalue weighted by atomic mass is 10.00. The van der Waals surface area contributed by atoms with Crippen LogP contribution in [0.5, 0.6) is 0 Å². The largest absolute Gasteiger partial charge is 0.355 e. The maximum Gasteiger partial charge on any atom is 0.238 e. The predicted octanol–water partition coefficient (Wildman–Crippen LogP) is 2.96. The fourth-order valence-corrected chi connectivity index (χ4v) is 3.14. The minimum Gasteiger partial charge on any atom is -0.355 e. The molecule has 0 unspecified atom stereocenters. The Hall–Kier alpha value is -2.44. The molecule has 0 amide bonds. The second-order valence-corrected chi connectivity index (χ2v) is 6.41. The van der Waals surface area contributed by atoms with Gasteiger partial charge in [0, 0.05) is 11.1 Å². The van der Waals surface area contributed by atoms with E-state index in [-0.39, 0.29) is 4.90 Å². The highest BCUT2D eigenvalue weighted by atomic mass is 32.2. The lowest BCUT2D eigenvalue weighted by Gasteiger charge is -2.08. The molecule has 6 heteroatoms. The van der Waals surface area contributed by atoms with E-state index >= 15 is 0 Å². The summed E-state index contributed by atoms with van der Waals surface area (Å²) in [6.45, 7) is 1.77. The molecule has 112 valence electrons. The molecule has 0 saturated carbocycles. The summed E-state index contributed by atoms with van der Waals surface area (Å²) in [4.78, 5) is 0.0541. The number of aromatic nitrogens is 1. The van der Waals surface area contributed by atoms with Crippen LogP contribution in [0, 0.1) is 6.92 Å². The number of nitrogens with two attached hydrogens (primary N) is 1. The van der Waals surface area contributed by atoms with E-state index < -0.39 is 10.0 Å². The maximum atomic E-state index is 11.8. The third-order valence-electron chi connectivity index (χ3n) is 3.36. The molecule has 0 aliphatic heterocycles. The van der Waals surface area contributed by atoms with E-state index in [2.05, 4.69) is 5.16 Å². The quantitative estimate of drug-likeness (QED) is 0.805. The lowest BCUT2D eigenvalue weighted by molar-refractivity contribution is 0.427. The molecule has 1 heterocycles. The Morgan fingerprint density at radius 1 is 1.00 bits per heavy atom. The van der Waals surface area contributed by atoms with E-state index in [4.69, 9.17) is 9.66 Å². The summed E-state index contributed by atoms with van der Waals surface area (Å²) in [5.41, 5.74) is 2.55. The smallest absolute Gasteiger partial charge is 0.238 e. The highest BCUT2D eigenvalue weighted by Crippen LogP contribution is 2.37. The van der Waals surface area contributed by atoms with Crippen molar-refractivity contribution in [3.63, 3.8) is 0 Å². The van der Waals surface area contributed by atoms with Gasteiger partial charge < -0.3 is 4.52 Å². The van der Waals surface area contributed by atoms with Crippen LogP contribution in [0.4, 0.5) is 0 Å². The number of benzene rings is 2. The Morgan fingerprint density at radius 2 is 1.64 bits per heavy atom. The summed E-state index contributed by atoms with van der Waals surface area (Å²) >= 11 is 0. The van der Waals surface area contributed by atoms with E-state index in [1.165, 1.54) is 6.07 Å². The molecule has 0 spiro atoms. The van der Waals surface area contributed by atoms with Gasteiger partial charge in [0.05, 0.1) is 16.2 Å². The molecule has 1 aromatic heterocycles. The molecule has 0 bridgehead atoms. The second-order valence-electron chi connectivity index (χ2n) is 4.88. The van der Waals surface area contributed by atoms with Gasteiger partial charge in [0.1, 0.15) is 0 Å². The van der Waals surface area contributed by atoms with Crippen LogP contribution >= 0.6 is 0 Å². The summed E-state index contributed by atoms with van der Waals surface area (Å²) in [5, 5.41) is 9.31. The number of sulfonamides is 1. The number of aryl methyl sites for hydroxylation is 1. The first-order chi connectivity index (χ1) is 10.5. The monoisotopic (exact) mass is 314 g/mol. The van der Waals surface area contributed by atoms with Crippen LogP contribution in [0.3, 0.4) is 0 Å². The van der Waals surface area contributed by atoms with Crippen LogP contribution in [0.1, 0.15) is 5.69 Å². The molecule has 3 rings (SSSR count). The normalized spacial score (nSPS) is 11.5. The summed E-state index contributed by atoms with van der Waals surface area (Å²) in [5.74, 6) is 0.522. The standard InChI is InChI=1S/C16H14N2O3S/c1-11-15(13-9-5-6-10-14(13)22(17,19)20)16(21-18-11)12-7-3-2-4-8-12/h2-10H,1H3,(H2,17,19,20). The molecular formula is C16H14N2O3S. The van der Waals surface area contributed by atoms with Crippen LogP contribution in [0.25, 0.3) is 22.5 Å². The molecule has 0 aliphatic rings. The minimum absolute atomic E-state index is 0.0541. The van der Waals surface area contributed by atoms with Crippen LogP contribution in [0.15, 0.2) is 64.0 Å². The Labute approximate surface area is 128 Å². The molecule has 0 aliphatic carbocycles. The van der Waals surface area contributed by atoms with Crippen LogP contribution in [0.2, 0.25) is 0 Å². The van der Waals surface area contributed by atoms with Crippen molar-refractivity contribution >= 4 is 10.0 Å². The van der Waals surface area contributed by atoms with E-state index in [9.17, 15) is 8.42 Å². The highest BCUT2D eigenvalue weighted by Gasteiger charge is 2.22. The molecule has 2 aromatic carbocycles. The minimum atomic E-state index is -3.84. The summed E-state index contributed by atoms with van der Waals surface area (Å²) in [6, 6.07) is 16.0. The first-order valence-corrected chi connectivity index (χ1v) is 8.17. The van der Waals surface area contributed by atoms with Crippen molar-refractivity contribution in [2.24, 2.45) is 5.14 Å². The summed E-state index contributed by atoms with van der Waals surface area (Å²) in [7, 11) is -3.84. The Morgan fingerprint density at radius 3 is 2.32 bits per heavy atom. The maximum absolute atomic E-state index is 11.8. The van der Waals surface area contributed by atoms with Gasteiger partial charge in [-0.25, -0.2) is 13.6 Å². The second kappa shape index (κ2) is 5.40. The zero-order chi connectivity index (χ0) is 15.7.